The molecule has 0 spiro atoms. The van der Waals surface area contributed by atoms with Gasteiger partial charge in [-0.3, -0.25) is 4.79 Å². The second-order valence-corrected chi connectivity index (χ2v) is 10.9. The third kappa shape index (κ3) is 44.5. The van der Waals surface area contributed by atoms with Crippen molar-refractivity contribution in [3.05, 3.63) is 0 Å². The Balaban J connectivity index is 3.09. The van der Waals surface area contributed by atoms with Gasteiger partial charge in [-0.05, 0) is 20.8 Å². The van der Waals surface area contributed by atoms with Gasteiger partial charge in [-0.15, -0.1) is 6.42 Å². The molecule has 49 heavy (non-hydrogen) atoms. The first kappa shape index (κ1) is 47.5. The molecule has 0 aromatic heterocycles. The van der Waals surface area contributed by atoms with Crippen LogP contribution >= 0.6 is 0 Å². The highest BCUT2D eigenvalue weighted by molar-refractivity contribution is 5.69. The van der Waals surface area contributed by atoms with Crippen molar-refractivity contribution in [2.75, 3.05) is 172 Å². The Morgan fingerprint density at radius 1 is 0.388 bits per heavy atom. The van der Waals surface area contributed by atoms with Gasteiger partial charge < -0.3 is 66.3 Å². The van der Waals surface area contributed by atoms with Crippen LogP contribution in [0.25, 0.3) is 0 Å². The minimum absolute atomic E-state index is 0.230. The van der Waals surface area contributed by atoms with Crippen molar-refractivity contribution in [1.82, 2.24) is 0 Å². The van der Waals surface area contributed by atoms with E-state index >= 15 is 0 Å². The summed E-state index contributed by atoms with van der Waals surface area (Å²) in [4.78, 5) is 11.6. The number of ether oxygens (including phenoxy) is 14. The zero-order chi connectivity index (χ0) is 35.8. The largest absolute Gasteiger partial charge is 0.460 e. The van der Waals surface area contributed by atoms with E-state index in [4.69, 9.17) is 72.7 Å². The number of hydrogen-bond acceptors (Lipinski definition) is 15. The molecule has 0 radical (unpaired) electrons. The molecule has 0 aliphatic rings. The van der Waals surface area contributed by atoms with E-state index in [1.54, 1.807) is 0 Å². The highest BCUT2D eigenvalue weighted by Crippen LogP contribution is 2.08. The van der Waals surface area contributed by atoms with E-state index in [0.29, 0.717) is 172 Å². The fourth-order valence-electron chi connectivity index (χ4n) is 3.32. The zero-order valence-electron chi connectivity index (χ0n) is 30.3. The highest BCUT2D eigenvalue weighted by atomic mass is 16.6. The minimum Gasteiger partial charge on any atom is -0.460 e. The van der Waals surface area contributed by atoms with Crippen LogP contribution in [0.15, 0.2) is 0 Å². The number of carbonyl (C=O) groups is 1. The monoisotopic (exact) mass is 712 g/mol. The first-order valence-corrected chi connectivity index (χ1v) is 17.1. The summed E-state index contributed by atoms with van der Waals surface area (Å²) < 4.78 is 75.6. The fraction of sp³-hybridized carbons (Fsp3) is 0.912. The van der Waals surface area contributed by atoms with E-state index in [0.717, 1.165) is 0 Å². The number of carbonyl (C=O) groups excluding carboxylic acids is 1. The van der Waals surface area contributed by atoms with E-state index in [9.17, 15) is 4.79 Å². The first-order chi connectivity index (χ1) is 24.0. The summed E-state index contributed by atoms with van der Waals surface area (Å²) in [5.41, 5.74) is -0.476. The molecule has 0 atom stereocenters. The quantitative estimate of drug-likeness (QED) is 0.0514. The topological polar surface area (TPSA) is 146 Å². The SMILES string of the molecule is C#CCOCCOCCOCCOCCOCCOCCOCCOCCOCCOCCOCCOCCOCCC(=O)OC(C)(C)C. The van der Waals surface area contributed by atoms with Crippen molar-refractivity contribution in [3.8, 4) is 12.3 Å². The molecule has 15 heteroatoms. The van der Waals surface area contributed by atoms with Crippen molar-refractivity contribution >= 4 is 5.97 Å². The summed E-state index contributed by atoms with van der Waals surface area (Å²) in [5, 5.41) is 0. The summed E-state index contributed by atoms with van der Waals surface area (Å²) in [6.45, 7) is 17.8. The molecule has 0 bridgehead atoms. The van der Waals surface area contributed by atoms with Crippen molar-refractivity contribution < 1.29 is 71.1 Å². The van der Waals surface area contributed by atoms with Crippen molar-refractivity contribution in [2.24, 2.45) is 0 Å². The molecule has 0 aliphatic heterocycles. The van der Waals surface area contributed by atoms with Gasteiger partial charge in [0.25, 0.3) is 0 Å². The Morgan fingerprint density at radius 2 is 0.592 bits per heavy atom. The van der Waals surface area contributed by atoms with Gasteiger partial charge in [-0.1, -0.05) is 5.92 Å². The van der Waals surface area contributed by atoms with Crippen molar-refractivity contribution in [3.63, 3.8) is 0 Å². The zero-order valence-corrected chi connectivity index (χ0v) is 30.3. The smallest absolute Gasteiger partial charge is 0.308 e. The number of esters is 1. The standard InChI is InChI=1S/C34H64O15/c1-5-7-36-9-11-38-13-15-40-17-19-42-21-23-44-25-27-46-29-31-48-32-30-47-28-26-45-24-22-43-20-18-41-16-14-39-12-10-37-8-6-33(35)49-34(2,3)4/h1H,6-32H2,2-4H3. The van der Waals surface area contributed by atoms with Gasteiger partial charge in [0.05, 0.1) is 172 Å². The molecule has 0 heterocycles. The van der Waals surface area contributed by atoms with Crippen LogP contribution in [-0.2, 0) is 71.1 Å². The second-order valence-electron chi connectivity index (χ2n) is 10.9. The van der Waals surface area contributed by atoms with E-state index in [-0.39, 0.29) is 12.4 Å². The predicted molar refractivity (Wildman–Crippen MR) is 180 cm³/mol. The van der Waals surface area contributed by atoms with Crippen LogP contribution in [0.3, 0.4) is 0 Å². The molecule has 0 amide bonds. The Hall–Kier alpha value is -1.49. The fourth-order valence-corrected chi connectivity index (χ4v) is 3.32. The lowest BCUT2D eigenvalue weighted by molar-refractivity contribution is -0.156. The lowest BCUT2D eigenvalue weighted by Gasteiger charge is -2.19. The van der Waals surface area contributed by atoms with Gasteiger partial charge in [0.15, 0.2) is 0 Å². The van der Waals surface area contributed by atoms with E-state index in [1.807, 2.05) is 20.8 Å². The Labute approximate surface area is 294 Å². The van der Waals surface area contributed by atoms with E-state index in [1.165, 1.54) is 0 Å². The third-order valence-electron chi connectivity index (χ3n) is 5.52. The van der Waals surface area contributed by atoms with Crippen LogP contribution in [0.5, 0.6) is 0 Å². The summed E-state index contributed by atoms with van der Waals surface area (Å²) >= 11 is 0. The molecule has 0 aromatic rings. The average Bonchev–Trinajstić information content (AvgIpc) is 3.06. The maximum atomic E-state index is 11.6. The third-order valence-corrected chi connectivity index (χ3v) is 5.52. The molecule has 0 saturated heterocycles. The van der Waals surface area contributed by atoms with Crippen molar-refractivity contribution in [1.29, 1.82) is 0 Å². The normalized spacial score (nSPS) is 11.6. The number of terminal acetylenes is 1. The first-order valence-electron chi connectivity index (χ1n) is 17.1. The molecule has 0 saturated carbocycles. The van der Waals surface area contributed by atoms with Gasteiger partial charge >= 0.3 is 5.97 Å². The molecule has 0 aliphatic carbocycles. The average molecular weight is 713 g/mol. The van der Waals surface area contributed by atoms with Crippen LogP contribution in [-0.4, -0.2) is 183 Å². The lowest BCUT2D eigenvalue weighted by Crippen LogP contribution is -2.24. The highest BCUT2D eigenvalue weighted by Gasteiger charge is 2.15. The van der Waals surface area contributed by atoms with Crippen LogP contribution in [0.4, 0.5) is 0 Å². The molecule has 0 aromatic carbocycles. The Morgan fingerprint density at radius 3 is 0.796 bits per heavy atom. The summed E-state index contributed by atoms with van der Waals surface area (Å²) in [7, 11) is 0. The van der Waals surface area contributed by atoms with Gasteiger partial charge in [0.2, 0.25) is 0 Å². The Kier molecular flexibility index (Phi) is 38.1. The summed E-state index contributed by atoms with van der Waals surface area (Å²) in [6.07, 6.45) is 5.31. The van der Waals surface area contributed by atoms with Gasteiger partial charge in [-0.25, -0.2) is 0 Å². The Bertz CT molecular complexity index is 715. The maximum absolute atomic E-state index is 11.6. The van der Waals surface area contributed by atoms with Gasteiger partial charge in [0.1, 0.15) is 12.2 Å². The molecule has 0 fully saturated rings. The maximum Gasteiger partial charge on any atom is 0.308 e. The minimum atomic E-state index is -0.476. The molecule has 0 N–H and O–H groups in total. The number of hydrogen-bond donors (Lipinski definition) is 0. The number of rotatable bonds is 40. The van der Waals surface area contributed by atoms with Crippen molar-refractivity contribution in [2.45, 2.75) is 32.8 Å². The summed E-state index contributed by atoms with van der Waals surface area (Å²) in [5.74, 6) is 2.13. The molecule has 0 unspecified atom stereocenters. The molecular formula is C34H64O15. The summed E-state index contributed by atoms with van der Waals surface area (Å²) in [6, 6.07) is 0. The van der Waals surface area contributed by atoms with E-state index < -0.39 is 5.60 Å². The van der Waals surface area contributed by atoms with E-state index in [2.05, 4.69) is 5.92 Å². The second kappa shape index (κ2) is 39.3. The molecule has 0 rings (SSSR count). The molecular weight excluding hydrogens is 648 g/mol. The molecule has 290 valence electrons. The van der Waals surface area contributed by atoms with Gasteiger partial charge in [0, 0.05) is 0 Å². The predicted octanol–water partition coefficient (Wildman–Crippen LogP) is 1.57. The van der Waals surface area contributed by atoms with Crippen LogP contribution in [0.2, 0.25) is 0 Å². The van der Waals surface area contributed by atoms with Gasteiger partial charge in [-0.2, -0.15) is 0 Å². The van der Waals surface area contributed by atoms with Crippen LogP contribution in [0, 0.1) is 12.3 Å². The molecule has 15 nitrogen and oxygen atoms in total. The van der Waals surface area contributed by atoms with Crippen LogP contribution in [0.1, 0.15) is 27.2 Å². The van der Waals surface area contributed by atoms with Crippen LogP contribution < -0.4 is 0 Å². The lowest BCUT2D eigenvalue weighted by atomic mass is 10.2.